The van der Waals surface area contributed by atoms with Crippen LogP contribution in [0.1, 0.15) is 19.3 Å². The Balaban J connectivity index is 4.53. The molecule has 11 nitrogen and oxygen atoms in total. The summed E-state index contributed by atoms with van der Waals surface area (Å²) >= 11 is 0. The number of carboxylic acids is 3. The molecule has 0 unspecified atom stereocenters. The lowest BCUT2D eigenvalue weighted by Crippen LogP contribution is -2.49. The molecular formula is C11H17N3O8. The highest BCUT2D eigenvalue weighted by Gasteiger charge is 2.24. The maximum Gasteiger partial charge on any atom is 0.322 e. The first-order valence-corrected chi connectivity index (χ1v) is 6.12. The quantitative estimate of drug-likeness (QED) is 0.249. The molecule has 0 aliphatic rings. The lowest BCUT2D eigenvalue weighted by Gasteiger charge is -2.16. The van der Waals surface area contributed by atoms with E-state index in [9.17, 15) is 24.0 Å². The number of carboxylic acid groups (broad SMARTS) is 3. The molecule has 0 saturated heterocycles. The van der Waals surface area contributed by atoms with Crippen molar-refractivity contribution in [3.05, 3.63) is 0 Å². The van der Waals surface area contributed by atoms with Crippen molar-refractivity contribution >= 4 is 29.7 Å². The second kappa shape index (κ2) is 9.28. The van der Waals surface area contributed by atoms with E-state index < -0.39 is 54.8 Å². The SMILES string of the molecule is N[C@@H](CCC(=O)N[C@@H](CC(=O)O)C(=O)NCC(=O)O)C(=O)O. The van der Waals surface area contributed by atoms with E-state index in [1.54, 1.807) is 0 Å². The van der Waals surface area contributed by atoms with Gasteiger partial charge in [-0.05, 0) is 6.42 Å². The third kappa shape index (κ3) is 8.47. The Morgan fingerprint density at radius 3 is 2.05 bits per heavy atom. The number of carbonyl (C=O) groups is 5. The lowest BCUT2D eigenvalue weighted by atomic mass is 10.1. The van der Waals surface area contributed by atoms with Gasteiger partial charge in [0.15, 0.2) is 0 Å². The van der Waals surface area contributed by atoms with Crippen LogP contribution in [0, 0.1) is 0 Å². The van der Waals surface area contributed by atoms with Crippen molar-refractivity contribution in [2.75, 3.05) is 6.54 Å². The van der Waals surface area contributed by atoms with Gasteiger partial charge in [-0.15, -0.1) is 0 Å². The van der Waals surface area contributed by atoms with Crippen molar-refractivity contribution in [1.29, 1.82) is 0 Å². The van der Waals surface area contributed by atoms with Gasteiger partial charge in [-0.25, -0.2) is 0 Å². The Kier molecular flexibility index (Phi) is 8.15. The Bertz CT molecular complexity index is 464. The number of carbonyl (C=O) groups excluding carboxylic acids is 2. The zero-order valence-corrected chi connectivity index (χ0v) is 11.4. The van der Waals surface area contributed by atoms with Crippen LogP contribution in [0.15, 0.2) is 0 Å². The van der Waals surface area contributed by atoms with Crippen LogP contribution in [0.2, 0.25) is 0 Å². The summed E-state index contributed by atoms with van der Waals surface area (Å²) in [5, 5.41) is 29.7. The Hall–Kier alpha value is -2.69. The van der Waals surface area contributed by atoms with Crippen LogP contribution >= 0.6 is 0 Å². The highest BCUT2D eigenvalue weighted by molar-refractivity contribution is 5.92. The maximum absolute atomic E-state index is 11.6. The number of hydrogen-bond donors (Lipinski definition) is 6. The molecule has 11 heteroatoms. The summed E-state index contributed by atoms with van der Waals surface area (Å²) < 4.78 is 0. The average molecular weight is 319 g/mol. The molecule has 22 heavy (non-hydrogen) atoms. The summed E-state index contributed by atoms with van der Waals surface area (Å²) in [4.78, 5) is 54.6. The van der Waals surface area contributed by atoms with Gasteiger partial charge in [0.2, 0.25) is 11.8 Å². The second-order valence-corrected chi connectivity index (χ2v) is 4.31. The van der Waals surface area contributed by atoms with Crippen molar-refractivity contribution in [3.63, 3.8) is 0 Å². The summed E-state index contributed by atoms with van der Waals surface area (Å²) in [7, 11) is 0. The van der Waals surface area contributed by atoms with Gasteiger partial charge in [-0.3, -0.25) is 24.0 Å². The van der Waals surface area contributed by atoms with Crippen molar-refractivity contribution in [3.8, 4) is 0 Å². The van der Waals surface area contributed by atoms with Crippen molar-refractivity contribution < 1.29 is 39.3 Å². The normalized spacial score (nSPS) is 12.8. The fraction of sp³-hybridized carbons (Fsp3) is 0.545. The molecule has 0 aliphatic heterocycles. The van der Waals surface area contributed by atoms with Crippen LogP contribution in [-0.2, 0) is 24.0 Å². The molecule has 0 aromatic carbocycles. The molecule has 7 N–H and O–H groups in total. The molecule has 2 atom stereocenters. The molecule has 0 saturated carbocycles. The number of nitrogens with two attached hydrogens (primary N) is 1. The summed E-state index contributed by atoms with van der Waals surface area (Å²) in [6.07, 6.45) is -1.27. The average Bonchev–Trinajstić information content (AvgIpc) is 2.40. The Morgan fingerprint density at radius 2 is 1.59 bits per heavy atom. The van der Waals surface area contributed by atoms with Crippen LogP contribution in [0.3, 0.4) is 0 Å². The fourth-order valence-electron chi connectivity index (χ4n) is 1.35. The number of amides is 2. The minimum Gasteiger partial charge on any atom is -0.481 e. The third-order valence-corrected chi connectivity index (χ3v) is 2.44. The fourth-order valence-corrected chi connectivity index (χ4v) is 1.35. The molecule has 0 rings (SSSR count). The predicted octanol–water partition coefficient (Wildman–Crippen LogP) is -2.66. The Labute approximate surface area is 124 Å². The van der Waals surface area contributed by atoms with Gasteiger partial charge >= 0.3 is 17.9 Å². The van der Waals surface area contributed by atoms with Crippen LogP contribution in [0.5, 0.6) is 0 Å². The molecule has 0 aromatic rings. The first-order valence-electron chi connectivity index (χ1n) is 6.12. The van der Waals surface area contributed by atoms with Gasteiger partial charge in [-0.1, -0.05) is 0 Å². The Morgan fingerprint density at radius 1 is 1.00 bits per heavy atom. The monoisotopic (exact) mass is 319 g/mol. The van der Waals surface area contributed by atoms with E-state index in [-0.39, 0.29) is 12.8 Å². The number of nitrogens with one attached hydrogen (secondary N) is 2. The van der Waals surface area contributed by atoms with Crippen LogP contribution in [0.25, 0.3) is 0 Å². The number of aliphatic carboxylic acids is 3. The molecular weight excluding hydrogens is 302 g/mol. The predicted molar refractivity (Wildman–Crippen MR) is 69.7 cm³/mol. The molecule has 0 aromatic heterocycles. The number of hydrogen-bond acceptors (Lipinski definition) is 6. The molecule has 2 amide bonds. The molecule has 0 radical (unpaired) electrons. The zero-order valence-electron chi connectivity index (χ0n) is 11.4. The minimum absolute atomic E-state index is 0.197. The van der Waals surface area contributed by atoms with Crippen LogP contribution < -0.4 is 16.4 Å². The van der Waals surface area contributed by atoms with Gasteiger partial charge in [-0.2, -0.15) is 0 Å². The smallest absolute Gasteiger partial charge is 0.322 e. The topological polar surface area (TPSA) is 196 Å². The molecule has 0 bridgehead atoms. The van der Waals surface area contributed by atoms with Crippen molar-refractivity contribution in [2.24, 2.45) is 5.73 Å². The summed E-state index contributed by atoms with van der Waals surface area (Å²) in [6.45, 7) is -0.727. The standard InChI is InChI=1S/C11H17N3O8/c12-5(11(21)22)1-2-7(15)14-6(3-8(16)17)10(20)13-4-9(18)19/h5-6H,1-4,12H2,(H,13,20)(H,14,15)(H,16,17)(H,18,19)(H,21,22)/t5-,6-/m0/s1. The minimum atomic E-state index is -1.47. The molecule has 0 aliphatic carbocycles. The zero-order chi connectivity index (χ0) is 17.3. The van der Waals surface area contributed by atoms with Gasteiger partial charge in [0.1, 0.15) is 18.6 Å². The van der Waals surface area contributed by atoms with Crippen LogP contribution in [0.4, 0.5) is 0 Å². The summed E-state index contributed by atoms with van der Waals surface area (Å²) in [5.74, 6) is -5.75. The van der Waals surface area contributed by atoms with E-state index in [1.165, 1.54) is 0 Å². The molecule has 0 spiro atoms. The van der Waals surface area contributed by atoms with E-state index >= 15 is 0 Å². The highest BCUT2D eigenvalue weighted by atomic mass is 16.4. The van der Waals surface area contributed by atoms with E-state index in [4.69, 9.17) is 21.1 Å². The first-order chi connectivity index (χ1) is 10.1. The maximum atomic E-state index is 11.6. The van der Waals surface area contributed by atoms with Gasteiger partial charge in [0.25, 0.3) is 0 Å². The van der Waals surface area contributed by atoms with Gasteiger partial charge in [0, 0.05) is 6.42 Å². The van der Waals surface area contributed by atoms with E-state index in [0.29, 0.717) is 0 Å². The summed E-state index contributed by atoms with van der Waals surface area (Å²) in [6, 6.07) is -2.73. The lowest BCUT2D eigenvalue weighted by molar-refractivity contribution is -0.141. The number of rotatable bonds is 10. The summed E-state index contributed by atoms with van der Waals surface area (Å²) in [5.41, 5.74) is 5.20. The van der Waals surface area contributed by atoms with E-state index in [1.807, 2.05) is 5.32 Å². The largest absolute Gasteiger partial charge is 0.481 e. The van der Waals surface area contributed by atoms with Crippen molar-refractivity contribution in [2.45, 2.75) is 31.3 Å². The second-order valence-electron chi connectivity index (χ2n) is 4.31. The van der Waals surface area contributed by atoms with E-state index in [2.05, 4.69) is 5.32 Å². The van der Waals surface area contributed by atoms with Crippen molar-refractivity contribution in [1.82, 2.24) is 10.6 Å². The van der Waals surface area contributed by atoms with E-state index in [0.717, 1.165) is 0 Å². The van der Waals surface area contributed by atoms with Gasteiger partial charge in [0.05, 0.1) is 6.42 Å². The van der Waals surface area contributed by atoms with Crippen LogP contribution in [-0.4, -0.2) is 63.7 Å². The highest BCUT2D eigenvalue weighted by Crippen LogP contribution is 1.99. The molecule has 0 fully saturated rings. The third-order valence-electron chi connectivity index (χ3n) is 2.44. The van der Waals surface area contributed by atoms with Gasteiger partial charge < -0.3 is 31.7 Å². The molecule has 0 heterocycles. The molecule has 124 valence electrons. The first kappa shape index (κ1) is 19.3.